The van der Waals surface area contributed by atoms with Gasteiger partial charge in [-0.1, -0.05) is 24.2 Å². The molecule has 1 fully saturated rings. The lowest BCUT2D eigenvalue weighted by molar-refractivity contribution is 0.139. The first kappa shape index (κ1) is 17.7. The molecule has 1 aliphatic carbocycles. The summed E-state index contributed by atoms with van der Waals surface area (Å²) in [5.41, 5.74) is 1.76. The van der Waals surface area contributed by atoms with Crippen LogP contribution in [0.1, 0.15) is 36.8 Å². The zero-order chi connectivity index (χ0) is 18.0. The molecule has 3 rings (SSSR count). The minimum absolute atomic E-state index is 0.0807. The predicted octanol–water partition coefficient (Wildman–Crippen LogP) is 5.43. The SMILES string of the molecule is C=C(CCC(F)F)c1cnc(NC2(c3ccc(F)c(Cl)c3)CC2)nc1. The molecular weight excluding hydrogens is 351 g/mol. The second kappa shape index (κ2) is 7.04. The minimum atomic E-state index is -2.35. The molecule has 7 heteroatoms. The first-order chi connectivity index (χ1) is 11.9. The lowest BCUT2D eigenvalue weighted by atomic mass is 10.0. The van der Waals surface area contributed by atoms with Crippen LogP contribution in [0.25, 0.3) is 5.57 Å². The second-order valence-electron chi connectivity index (χ2n) is 6.16. The molecule has 1 N–H and O–H groups in total. The summed E-state index contributed by atoms with van der Waals surface area (Å²) in [7, 11) is 0. The van der Waals surface area contributed by atoms with Crippen molar-refractivity contribution in [2.24, 2.45) is 0 Å². The van der Waals surface area contributed by atoms with E-state index in [0.29, 0.717) is 17.1 Å². The van der Waals surface area contributed by atoms with Crippen molar-refractivity contribution < 1.29 is 13.2 Å². The highest BCUT2D eigenvalue weighted by atomic mass is 35.5. The van der Waals surface area contributed by atoms with Crippen LogP contribution in [0, 0.1) is 5.82 Å². The van der Waals surface area contributed by atoms with Gasteiger partial charge in [0, 0.05) is 24.4 Å². The average Bonchev–Trinajstić information content (AvgIpc) is 3.36. The first-order valence-electron chi connectivity index (χ1n) is 7.92. The van der Waals surface area contributed by atoms with Gasteiger partial charge in [0.15, 0.2) is 0 Å². The Balaban J connectivity index is 1.69. The van der Waals surface area contributed by atoms with E-state index in [1.807, 2.05) is 0 Å². The fourth-order valence-electron chi connectivity index (χ4n) is 2.62. The highest BCUT2D eigenvalue weighted by molar-refractivity contribution is 6.30. The topological polar surface area (TPSA) is 37.8 Å². The molecule has 2 aromatic rings. The highest BCUT2D eigenvalue weighted by Gasteiger charge is 2.45. The maximum Gasteiger partial charge on any atom is 0.239 e. The number of alkyl halides is 2. The molecule has 0 radical (unpaired) electrons. The Hall–Kier alpha value is -2.08. The molecule has 1 aliphatic rings. The maximum absolute atomic E-state index is 13.3. The van der Waals surface area contributed by atoms with Crippen LogP contribution in [0.4, 0.5) is 19.1 Å². The van der Waals surface area contributed by atoms with Crippen LogP contribution >= 0.6 is 11.6 Å². The molecule has 1 heterocycles. The Kier molecular flexibility index (Phi) is 4.99. The molecule has 0 atom stereocenters. The number of benzene rings is 1. The van der Waals surface area contributed by atoms with Crippen LogP contribution in [0.2, 0.25) is 5.02 Å². The van der Waals surface area contributed by atoms with Gasteiger partial charge in [-0.25, -0.2) is 23.1 Å². The van der Waals surface area contributed by atoms with Gasteiger partial charge in [-0.3, -0.25) is 0 Å². The van der Waals surface area contributed by atoms with Crippen LogP contribution in [0.5, 0.6) is 0 Å². The summed E-state index contributed by atoms with van der Waals surface area (Å²) in [5.74, 6) is -0.0347. The number of anilines is 1. The second-order valence-corrected chi connectivity index (χ2v) is 6.57. The van der Waals surface area contributed by atoms with Crippen molar-refractivity contribution in [2.45, 2.75) is 37.6 Å². The third kappa shape index (κ3) is 4.12. The Labute approximate surface area is 149 Å². The molecule has 1 aromatic heterocycles. The number of hydrogen-bond donors (Lipinski definition) is 1. The van der Waals surface area contributed by atoms with Crippen LogP contribution in [0.15, 0.2) is 37.2 Å². The van der Waals surface area contributed by atoms with Gasteiger partial charge >= 0.3 is 0 Å². The van der Waals surface area contributed by atoms with Crippen LogP contribution < -0.4 is 5.32 Å². The molecule has 0 unspecified atom stereocenters. The highest BCUT2D eigenvalue weighted by Crippen LogP contribution is 2.48. The summed E-state index contributed by atoms with van der Waals surface area (Å²) < 4.78 is 37.9. The summed E-state index contributed by atoms with van der Waals surface area (Å²) in [6.45, 7) is 3.80. The van der Waals surface area contributed by atoms with Gasteiger partial charge in [0.25, 0.3) is 0 Å². The smallest absolute Gasteiger partial charge is 0.239 e. The Morgan fingerprint density at radius 1 is 1.28 bits per heavy atom. The minimum Gasteiger partial charge on any atom is -0.345 e. The fourth-order valence-corrected chi connectivity index (χ4v) is 2.80. The molecule has 3 nitrogen and oxygen atoms in total. The monoisotopic (exact) mass is 367 g/mol. The normalized spacial score (nSPS) is 15.2. The van der Waals surface area contributed by atoms with E-state index in [2.05, 4.69) is 21.9 Å². The van der Waals surface area contributed by atoms with Gasteiger partial charge in [-0.05, 0) is 42.5 Å². The van der Waals surface area contributed by atoms with E-state index in [1.54, 1.807) is 24.5 Å². The molecule has 132 valence electrons. The third-order valence-electron chi connectivity index (χ3n) is 4.30. The van der Waals surface area contributed by atoms with Gasteiger partial charge in [0.2, 0.25) is 12.4 Å². The van der Waals surface area contributed by atoms with Gasteiger partial charge in [0.05, 0.1) is 10.6 Å². The fraction of sp³-hybridized carbons (Fsp3) is 0.333. The van der Waals surface area contributed by atoms with Crippen molar-refractivity contribution in [1.82, 2.24) is 9.97 Å². The summed E-state index contributed by atoms with van der Waals surface area (Å²) in [5, 5.41) is 3.34. The largest absolute Gasteiger partial charge is 0.345 e. The molecule has 0 aliphatic heterocycles. The van der Waals surface area contributed by atoms with E-state index in [0.717, 1.165) is 18.4 Å². The lowest BCUT2D eigenvalue weighted by Gasteiger charge is -2.18. The lowest BCUT2D eigenvalue weighted by Crippen LogP contribution is -2.20. The molecule has 0 bridgehead atoms. The number of allylic oxidation sites excluding steroid dienone is 1. The van der Waals surface area contributed by atoms with Crippen LogP contribution in [0.3, 0.4) is 0 Å². The zero-order valence-electron chi connectivity index (χ0n) is 13.4. The summed E-state index contributed by atoms with van der Waals surface area (Å²) >= 11 is 5.86. The average molecular weight is 368 g/mol. The van der Waals surface area contributed by atoms with Crippen molar-refractivity contribution in [3.05, 3.63) is 59.1 Å². The third-order valence-corrected chi connectivity index (χ3v) is 4.59. The van der Waals surface area contributed by atoms with E-state index in [4.69, 9.17) is 11.6 Å². The van der Waals surface area contributed by atoms with Crippen molar-refractivity contribution in [3.63, 3.8) is 0 Å². The Bertz CT molecular complexity index is 774. The number of aromatic nitrogens is 2. The number of hydrogen-bond acceptors (Lipinski definition) is 3. The van der Waals surface area contributed by atoms with Crippen molar-refractivity contribution in [2.75, 3.05) is 5.32 Å². The molecule has 0 amide bonds. The summed E-state index contributed by atoms with van der Waals surface area (Å²) in [4.78, 5) is 8.48. The van der Waals surface area contributed by atoms with E-state index in [-0.39, 0.29) is 23.4 Å². The molecule has 1 aromatic carbocycles. The van der Waals surface area contributed by atoms with Gasteiger partial charge in [-0.2, -0.15) is 0 Å². The van der Waals surface area contributed by atoms with Gasteiger partial charge < -0.3 is 5.32 Å². The Morgan fingerprint density at radius 2 is 1.96 bits per heavy atom. The maximum atomic E-state index is 13.3. The Morgan fingerprint density at radius 3 is 2.52 bits per heavy atom. The molecule has 1 saturated carbocycles. The van der Waals surface area contributed by atoms with E-state index >= 15 is 0 Å². The van der Waals surface area contributed by atoms with Crippen molar-refractivity contribution in [1.29, 1.82) is 0 Å². The van der Waals surface area contributed by atoms with E-state index in [1.165, 1.54) is 6.07 Å². The van der Waals surface area contributed by atoms with Gasteiger partial charge in [-0.15, -0.1) is 0 Å². The number of halogens is 4. The molecule has 0 spiro atoms. The molecule has 0 saturated heterocycles. The van der Waals surface area contributed by atoms with Gasteiger partial charge in [0.1, 0.15) is 5.82 Å². The molecule has 25 heavy (non-hydrogen) atoms. The number of nitrogens with zero attached hydrogens (tertiary/aromatic N) is 2. The van der Waals surface area contributed by atoms with Crippen LogP contribution in [-0.4, -0.2) is 16.4 Å². The van der Waals surface area contributed by atoms with Crippen molar-refractivity contribution >= 4 is 23.1 Å². The zero-order valence-corrected chi connectivity index (χ0v) is 14.2. The van der Waals surface area contributed by atoms with Crippen molar-refractivity contribution in [3.8, 4) is 0 Å². The standard InChI is InChI=1S/C18H17ClF3N3/c1-11(2-5-16(21)22)12-9-23-17(24-10-12)25-18(6-7-18)13-3-4-15(20)14(19)8-13/h3-4,8-10,16H,1-2,5-7H2,(H,23,24,25). The first-order valence-corrected chi connectivity index (χ1v) is 8.29. The van der Waals surface area contributed by atoms with Crippen LogP contribution in [-0.2, 0) is 5.54 Å². The number of rotatable bonds is 7. The quantitative estimate of drug-likeness (QED) is 0.709. The summed E-state index contributed by atoms with van der Waals surface area (Å²) in [6.07, 6.45) is 2.48. The number of nitrogens with one attached hydrogen (secondary N) is 1. The van der Waals surface area contributed by atoms with E-state index < -0.39 is 12.2 Å². The summed E-state index contributed by atoms with van der Waals surface area (Å²) in [6, 6.07) is 4.65. The predicted molar refractivity (Wildman–Crippen MR) is 92.2 cm³/mol. The molecular formula is C18H17ClF3N3. The van der Waals surface area contributed by atoms with E-state index in [9.17, 15) is 13.2 Å².